The maximum absolute atomic E-state index is 11.1. The third-order valence-electron chi connectivity index (χ3n) is 5.04. The first kappa shape index (κ1) is 21.0. The van der Waals surface area contributed by atoms with E-state index in [1.165, 1.54) is 0 Å². The normalized spacial score (nSPS) is 20.2. The van der Waals surface area contributed by atoms with Gasteiger partial charge in [0, 0.05) is 24.9 Å². The highest BCUT2D eigenvalue weighted by Crippen LogP contribution is 2.31. The van der Waals surface area contributed by atoms with Crippen molar-refractivity contribution in [2.24, 2.45) is 5.73 Å². The number of fused-ring (bicyclic) bond motifs is 1. The van der Waals surface area contributed by atoms with E-state index in [4.69, 9.17) is 25.1 Å². The quantitative estimate of drug-likeness (QED) is 0.651. The van der Waals surface area contributed by atoms with E-state index >= 15 is 0 Å². The summed E-state index contributed by atoms with van der Waals surface area (Å²) in [5, 5.41) is 11.3. The highest BCUT2D eigenvalue weighted by Gasteiger charge is 2.27. The van der Waals surface area contributed by atoms with Gasteiger partial charge in [-0.2, -0.15) is 0 Å². The van der Waals surface area contributed by atoms with E-state index in [1.54, 1.807) is 7.11 Å². The highest BCUT2D eigenvalue weighted by atomic mass is 16.7. The van der Waals surface area contributed by atoms with Gasteiger partial charge in [-0.15, -0.1) is 0 Å². The molecule has 8 heteroatoms. The Balaban J connectivity index is 1.59. The number of nitrogens with two attached hydrogens (primary N) is 1. The highest BCUT2D eigenvalue weighted by molar-refractivity contribution is 5.87. The number of carbonyl (C=O) groups excluding carboxylic acids is 1. The molecule has 0 saturated carbocycles. The molecule has 0 aromatic heterocycles. The molecule has 3 rings (SSSR count). The Hall–Kier alpha value is -2.68. The minimum absolute atomic E-state index is 0.0475. The fourth-order valence-electron chi connectivity index (χ4n) is 3.55. The van der Waals surface area contributed by atoms with Crippen LogP contribution in [0.1, 0.15) is 17.9 Å². The Morgan fingerprint density at radius 2 is 2.10 bits per heavy atom. The van der Waals surface area contributed by atoms with Gasteiger partial charge in [-0.05, 0) is 28.5 Å². The first-order valence-electron chi connectivity index (χ1n) is 9.48. The molecule has 8 nitrogen and oxygen atoms in total. The van der Waals surface area contributed by atoms with Crippen LogP contribution in [-0.4, -0.2) is 68.1 Å². The fraction of sp³-hybridized carbons (Fsp3) is 0.429. The molecule has 0 bridgehead atoms. The number of amides is 1. The maximum Gasteiger partial charge on any atom is 0.407 e. The predicted molar refractivity (Wildman–Crippen MR) is 107 cm³/mol. The zero-order chi connectivity index (χ0) is 20.8. The van der Waals surface area contributed by atoms with Gasteiger partial charge in [0.1, 0.15) is 12.0 Å². The molecule has 2 aromatic carbocycles. The van der Waals surface area contributed by atoms with Gasteiger partial charge < -0.3 is 29.8 Å². The second kappa shape index (κ2) is 9.69. The van der Waals surface area contributed by atoms with Crippen molar-refractivity contribution in [3.63, 3.8) is 0 Å². The zero-order valence-electron chi connectivity index (χ0n) is 16.3. The first-order valence-corrected chi connectivity index (χ1v) is 9.48. The van der Waals surface area contributed by atoms with Crippen LogP contribution in [0.15, 0.2) is 36.4 Å². The summed E-state index contributed by atoms with van der Waals surface area (Å²) in [5.41, 5.74) is 7.18. The van der Waals surface area contributed by atoms with Gasteiger partial charge >= 0.3 is 6.09 Å². The van der Waals surface area contributed by atoms with Crippen LogP contribution in [0.5, 0.6) is 5.75 Å². The van der Waals surface area contributed by atoms with Crippen molar-refractivity contribution in [1.29, 1.82) is 0 Å². The molecule has 0 radical (unpaired) electrons. The second-order valence-corrected chi connectivity index (χ2v) is 7.08. The SMILES string of the molecule is COc1ccc2c(C3COC(CC(N)CN(CC=O)C(=O)O)OC3)cccc2c1. The largest absolute Gasteiger partial charge is 0.497 e. The number of benzene rings is 2. The van der Waals surface area contributed by atoms with Crippen molar-refractivity contribution in [1.82, 2.24) is 4.90 Å². The second-order valence-electron chi connectivity index (χ2n) is 7.08. The summed E-state index contributed by atoms with van der Waals surface area (Å²) in [4.78, 5) is 22.7. The molecule has 1 aliphatic rings. The number of hydrogen-bond donors (Lipinski definition) is 2. The monoisotopic (exact) mass is 402 g/mol. The van der Waals surface area contributed by atoms with Crippen molar-refractivity contribution in [2.75, 3.05) is 33.4 Å². The van der Waals surface area contributed by atoms with E-state index < -0.39 is 18.4 Å². The summed E-state index contributed by atoms with van der Waals surface area (Å²) < 4.78 is 17.0. The maximum atomic E-state index is 11.1. The molecule has 0 spiro atoms. The smallest absolute Gasteiger partial charge is 0.407 e. The number of aldehydes is 1. The summed E-state index contributed by atoms with van der Waals surface area (Å²) in [6.45, 7) is 0.814. The summed E-state index contributed by atoms with van der Waals surface area (Å²) in [6, 6.07) is 11.6. The van der Waals surface area contributed by atoms with Crippen molar-refractivity contribution in [2.45, 2.75) is 24.7 Å². The lowest BCUT2D eigenvalue weighted by atomic mass is 9.94. The number of carboxylic acid groups (broad SMARTS) is 1. The number of nitrogens with zero attached hydrogens (tertiary/aromatic N) is 1. The average Bonchev–Trinajstić information content (AvgIpc) is 2.73. The van der Waals surface area contributed by atoms with E-state index in [1.807, 2.05) is 30.3 Å². The Labute approximate surface area is 169 Å². The molecular formula is C21H26N2O6. The molecule has 2 aromatic rings. The number of ether oxygens (including phenoxy) is 3. The minimum Gasteiger partial charge on any atom is -0.497 e. The Bertz CT molecular complexity index is 850. The van der Waals surface area contributed by atoms with Gasteiger partial charge in [0.2, 0.25) is 0 Å². The van der Waals surface area contributed by atoms with Crippen LogP contribution in [0.25, 0.3) is 10.8 Å². The van der Waals surface area contributed by atoms with E-state index in [0.29, 0.717) is 25.9 Å². The van der Waals surface area contributed by atoms with Gasteiger partial charge in [-0.1, -0.05) is 24.3 Å². The van der Waals surface area contributed by atoms with Gasteiger partial charge in [0.25, 0.3) is 0 Å². The Morgan fingerprint density at radius 1 is 1.34 bits per heavy atom. The lowest BCUT2D eigenvalue weighted by Crippen LogP contribution is -2.44. The minimum atomic E-state index is -1.18. The summed E-state index contributed by atoms with van der Waals surface area (Å²) in [6.07, 6.45) is -0.783. The fourth-order valence-corrected chi connectivity index (χ4v) is 3.55. The molecule has 1 fully saturated rings. The van der Waals surface area contributed by atoms with Crippen LogP contribution in [0.2, 0.25) is 0 Å². The number of methoxy groups -OCH3 is 1. The van der Waals surface area contributed by atoms with Crippen molar-refractivity contribution >= 4 is 23.2 Å². The molecule has 1 aliphatic heterocycles. The van der Waals surface area contributed by atoms with E-state index in [2.05, 4.69) is 6.07 Å². The molecule has 156 valence electrons. The summed E-state index contributed by atoms with van der Waals surface area (Å²) in [7, 11) is 1.65. The zero-order valence-corrected chi connectivity index (χ0v) is 16.3. The third kappa shape index (κ3) is 5.23. The van der Waals surface area contributed by atoms with Gasteiger partial charge in [-0.25, -0.2) is 4.79 Å². The number of rotatable bonds is 8. The van der Waals surface area contributed by atoms with Crippen LogP contribution in [-0.2, 0) is 14.3 Å². The summed E-state index contributed by atoms with van der Waals surface area (Å²) >= 11 is 0. The molecule has 0 aliphatic carbocycles. The Kier molecular flexibility index (Phi) is 7.03. The predicted octanol–water partition coefficient (Wildman–Crippen LogP) is 2.20. The van der Waals surface area contributed by atoms with Crippen LogP contribution in [0.3, 0.4) is 0 Å². The molecule has 3 N–H and O–H groups in total. The lowest BCUT2D eigenvalue weighted by molar-refractivity contribution is -0.191. The van der Waals surface area contributed by atoms with Gasteiger partial charge in [0.15, 0.2) is 6.29 Å². The number of hydrogen-bond acceptors (Lipinski definition) is 6. The van der Waals surface area contributed by atoms with Crippen LogP contribution < -0.4 is 10.5 Å². The summed E-state index contributed by atoms with van der Waals surface area (Å²) in [5.74, 6) is 0.898. The molecule has 1 heterocycles. The molecule has 1 atom stereocenters. The van der Waals surface area contributed by atoms with Crippen LogP contribution >= 0.6 is 0 Å². The Morgan fingerprint density at radius 3 is 2.76 bits per heavy atom. The van der Waals surface area contributed by atoms with Crippen LogP contribution in [0, 0.1) is 0 Å². The van der Waals surface area contributed by atoms with E-state index in [0.717, 1.165) is 27.0 Å². The van der Waals surface area contributed by atoms with E-state index in [-0.39, 0.29) is 19.0 Å². The van der Waals surface area contributed by atoms with Crippen molar-refractivity contribution in [3.05, 3.63) is 42.0 Å². The molecular weight excluding hydrogens is 376 g/mol. The molecule has 1 saturated heterocycles. The van der Waals surface area contributed by atoms with Gasteiger partial charge in [0.05, 0.1) is 26.9 Å². The lowest BCUT2D eigenvalue weighted by Gasteiger charge is -2.32. The van der Waals surface area contributed by atoms with Gasteiger partial charge in [-0.3, -0.25) is 4.90 Å². The average molecular weight is 402 g/mol. The number of carbonyl (C=O) groups is 2. The third-order valence-corrected chi connectivity index (χ3v) is 5.04. The molecule has 29 heavy (non-hydrogen) atoms. The topological polar surface area (TPSA) is 111 Å². The standard InChI is InChI=1S/C21H26N2O6/c1-27-17-5-6-19-14(9-17)3-2-4-18(19)15-12-28-20(29-13-15)10-16(22)11-23(7-8-24)21(25)26/h2-6,8-9,15-16,20H,7,10-13,22H2,1H3,(H,25,26). The first-order chi connectivity index (χ1) is 14.0. The molecule has 1 unspecified atom stereocenters. The van der Waals surface area contributed by atoms with E-state index in [9.17, 15) is 9.59 Å². The van der Waals surface area contributed by atoms with Crippen LogP contribution in [0.4, 0.5) is 4.79 Å². The van der Waals surface area contributed by atoms with Crippen molar-refractivity contribution < 1.29 is 28.9 Å². The molecule has 1 amide bonds. The van der Waals surface area contributed by atoms with Crippen molar-refractivity contribution in [3.8, 4) is 5.75 Å².